The van der Waals surface area contributed by atoms with Crippen molar-refractivity contribution in [3.63, 3.8) is 0 Å². The Morgan fingerprint density at radius 3 is 2.85 bits per heavy atom. The standard InChI is InChI=1S/C9H5ClO3/c10-8-5-3-4-13-7(5)2-1-6(8)9(11)12/h1-4H,(H,11,12). The van der Waals surface area contributed by atoms with E-state index in [1.54, 1.807) is 12.1 Å². The molecule has 0 bridgehead atoms. The fourth-order valence-electron chi connectivity index (χ4n) is 1.17. The molecule has 0 amide bonds. The minimum Gasteiger partial charge on any atom is -0.478 e. The number of fused-ring (bicyclic) bond motifs is 1. The van der Waals surface area contributed by atoms with Crippen LogP contribution < -0.4 is 0 Å². The summed E-state index contributed by atoms with van der Waals surface area (Å²) in [6.45, 7) is 0. The first-order valence-electron chi connectivity index (χ1n) is 3.59. The van der Waals surface area contributed by atoms with Crippen LogP contribution in [0.1, 0.15) is 10.4 Å². The van der Waals surface area contributed by atoms with Gasteiger partial charge in [-0.25, -0.2) is 4.79 Å². The molecule has 3 nitrogen and oxygen atoms in total. The van der Waals surface area contributed by atoms with Gasteiger partial charge in [0.1, 0.15) is 5.58 Å². The van der Waals surface area contributed by atoms with Crippen molar-refractivity contribution < 1.29 is 14.3 Å². The predicted octanol–water partition coefficient (Wildman–Crippen LogP) is 2.78. The molecule has 1 heterocycles. The molecule has 1 aromatic carbocycles. The molecule has 4 heteroatoms. The maximum atomic E-state index is 10.7. The Morgan fingerprint density at radius 1 is 1.38 bits per heavy atom. The van der Waals surface area contributed by atoms with Crippen LogP contribution in [-0.2, 0) is 0 Å². The average molecular weight is 197 g/mol. The zero-order chi connectivity index (χ0) is 9.42. The Bertz CT molecular complexity index is 473. The highest BCUT2D eigenvalue weighted by Crippen LogP contribution is 2.27. The van der Waals surface area contributed by atoms with Gasteiger partial charge in [0.2, 0.25) is 0 Å². The van der Waals surface area contributed by atoms with Gasteiger partial charge in [-0.2, -0.15) is 0 Å². The van der Waals surface area contributed by atoms with Crippen LogP contribution in [-0.4, -0.2) is 11.1 Å². The van der Waals surface area contributed by atoms with Crippen LogP contribution in [0.5, 0.6) is 0 Å². The number of hydrogen-bond donors (Lipinski definition) is 1. The zero-order valence-corrected chi connectivity index (χ0v) is 7.21. The average Bonchev–Trinajstić information content (AvgIpc) is 2.52. The molecule has 0 aliphatic rings. The van der Waals surface area contributed by atoms with Crippen LogP contribution in [0.25, 0.3) is 11.0 Å². The summed E-state index contributed by atoms with van der Waals surface area (Å²) in [4.78, 5) is 10.7. The fourth-order valence-corrected chi connectivity index (χ4v) is 1.47. The quantitative estimate of drug-likeness (QED) is 0.763. The molecule has 0 atom stereocenters. The highest BCUT2D eigenvalue weighted by Gasteiger charge is 2.12. The molecule has 0 aliphatic carbocycles. The minimum atomic E-state index is -1.03. The zero-order valence-electron chi connectivity index (χ0n) is 6.45. The lowest BCUT2D eigenvalue weighted by molar-refractivity contribution is 0.0697. The largest absolute Gasteiger partial charge is 0.478 e. The fraction of sp³-hybridized carbons (Fsp3) is 0. The van der Waals surface area contributed by atoms with Gasteiger partial charge in [-0.3, -0.25) is 0 Å². The van der Waals surface area contributed by atoms with Crippen molar-refractivity contribution in [1.82, 2.24) is 0 Å². The Kier molecular flexibility index (Phi) is 1.74. The summed E-state index contributed by atoms with van der Waals surface area (Å²) in [6, 6.07) is 4.66. The summed E-state index contributed by atoms with van der Waals surface area (Å²) in [5.74, 6) is -1.03. The maximum Gasteiger partial charge on any atom is 0.337 e. The van der Waals surface area contributed by atoms with Gasteiger partial charge in [0, 0.05) is 5.39 Å². The summed E-state index contributed by atoms with van der Waals surface area (Å²) in [5, 5.41) is 9.60. The van der Waals surface area contributed by atoms with Crippen molar-refractivity contribution >= 4 is 28.5 Å². The molecule has 0 saturated heterocycles. The first kappa shape index (κ1) is 8.13. The van der Waals surface area contributed by atoms with E-state index in [1.165, 1.54) is 12.3 Å². The van der Waals surface area contributed by atoms with Gasteiger partial charge < -0.3 is 9.52 Å². The van der Waals surface area contributed by atoms with Crippen LogP contribution in [0.2, 0.25) is 5.02 Å². The number of furan rings is 1. The summed E-state index contributed by atoms with van der Waals surface area (Å²) < 4.78 is 5.06. The van der Waals surface area contributed by atoms with Crippen LogP contribution >= 0.6 is 11.6 Å². The lowest BCUT2D eigenvalue weighted by Crippen LogP contribution is -1.96. The van der Waals surface area contributed by atoms with Gasteiger partial charge in [-0.05, 0) is 18.2 Å². The van der Waals surface area contributed by atoms with Crippen LogP contribution in [0.15, 0.2) is 28.9 Å². The van der Waals surface area contributed by atoms with Gasteiger partial charge >= 0.3 is 5.97 Å². The molecule has 1 N–H and O–H groups in total. The van der Waals surface area contributed by atoms with E-state index in [0.717, 1.165) is 0 Å². The molecule has 0 fully saturated rings. The third kappa shape index (κ3) is 1.17. The molecule has 0 spiro atoms. The summed E-state index contributed by atoms with van der Waals surface area (Å²) in [7, 11) is 0. The van der Waals surface area contributed by atoms with Crippen molar-refractivity contribution in [2.24, 2.45) is 0 Å². The number of halogens is 1. The van der Waals surface area contributed by atoms with Crippen LogP contribution in [0.4, 0.5) is 0 Å². The molecule has 0 aliphatic heterocycles. The van der Waals surface area contributed by atoms with Gasteiger partial charge in [0.15, 0.2) is 0 Å². The Labute approximate surface area is 78.5 Å². The predicted molar refractivity (Wildman–Crippen MR) is 48.2 cm³/mol. The number of carboxylic acid groups (broad SMARTS) is 1. The smallest absolute Gasteiger partial charge is 0.337 e. The molecule has 0 saturated carbocycles. The van der Waals surface area contributed by atoms with E-state index in [9.17, 15) is 4.79 Å². The van der Waals surface area contributed by atoms with Crippen molar-refractivity contribution in [3.8, 4) is 0 Å². The highest BCUT2D eigenvalue weighted by molar-refractivity contribution is 6.38. The second-order valence-corrected chi connectivity index (χ2v) is 2.94. The third-order valence-corrected chi connectivity index (χ3v) is 2.21. The lowest BCUT2D eigenvalue weighted by Gasteiger charge is -1.97. The SMILES string of the molecule is O=C(O)c1ccc2occc2c1Cl. The number of carbonyl (C=O) groups is 1. The van der Waals surface area contributed by atoms with E-state index in [-0.39, 0.29) is 10.6 Å². The lowest BCUT2D eigenvalue weighted by atomic mass is 10.1. The number of rotatable bonds is 1. The number of hydrogen-bond acceptors (Lipinski definition) is 2. The molecular weight excluding hydrogens is 192 g/mol. The van der Waals surface area contributed by atoms with Gasteiger partial charge in [-0.15, -0.1) is 0 Å². The molecule has 66 valence electrons. The maximum absolute atomic E-state index is 10.7. The van der Waals surface area contributed by atoms with E-state index < -0.39 is 5.97 Å². The number of aromatic carboxylic acids is 1. The van der Waals surface area contributed by atoms with Crippen LogP contribution in [0, 0.1) is 0 Å². The van der Waals surface area contributed by atoms with Crippen LogP contribution in [0.3, 0.4) is 0 Å². The minimum absolute atomic E-state index is 0.0931. The number of carboxylic acids is 1. The third-order valence-electron chi connectivity index (χ3n) is 1.80. The monoisotopic (exact) mass is 196 g/mol. The number of benzene rings is 1. The summed E-state index contributed by atoms with van der Waals surface area (Å²) >= 11 is 5.84. The van der Waals surface area contributed by atoms with E-state index in [2.05, 4.69) is 0 Å². The van der Waals surface area contributed by atoms with E-state index in [0.29, 0.717) is 11.0 Å². The Morgan fingerprint density at radius 2 is 2.15 bits per heavy atom. The Hall–Kier alpha value is -1.48. The normalized spacial score (nSPS) is 10.5. The van der Waals surface area contributed by atoms with Gasteiger partial charge in [0.05, 0.1) is 16.8 Å². The van der Waals surface area contributed by atoms with E-state index >= 15 is 0 Å². The molecule has 1 aromatic heterocycles. The summed E-state index contributed by atoms with van der Waals surface area (Å²) in [5.41, 5.74) is 0.686. The molecule has 0 unspecified atom stereocenters. The molecular formula is C9H5ClO3. The summed E-state index contributed by atoms with van der Waals surface area (Å²) in [6.07, 6.45) is 1.47. The molecule has 0 radical (unpaired) electrons. The van der Waals surface area contributed by atoms with Crippen molar-refractivity contribution in [2.75, 3.05) is 0 Å². The van der Waals surface area contributed by atoms with E-state index in [1.807, 2.05) is 0 Å². The molecule has 2 rings (SSSR count). The van der Waals surface area contributed by atoms with Gasteiger partial charge in [0.25, 0.3) is 0 Å². The topological polar surface area (TPSA) is 50.4 Å². The molecule has 13 heavy (non-hydrogen) atoms. The second-order valence-electron chi connectivity index (χ2n) is 2.56. The van der Waals surface area contributed by atoms with E-state index in [4.69, 9.17) is 21.1 Å². The van der Waals surface area contributed by atoms with Crippen molar-refractivity contribution in [2.45, 2.75) is 0 Å². The highest BCUT2D eigenvalue weighted by atomic mass is 35.5. The Balaban J connectivity index is 2.80. The van der Waals surface area contributed by atoms with Crippen molar-refractivity contribution in [1.29, 1.82) is 0 Å². The van der Waals surface area contributed by atoms with Gasteiger partial charge in [-0.1, -0.05) is 11.6 Å². The molecule has 2 aromatic rings. The van der Waals surface area contributed by atoms with Crippen molar-refractivity contribution in [3.05, 3.63) is 35.0 Å². The first-order valence-corrected chi connectivity index (χ1v) is 3.97. The first-order chi connectivity index (χ1) is 6.20. The second kappa shape index (κ2) is 2.78.